The molecule has 0 heterocycles. The number of ether oxygens (including phenoxy) is 2. The van der Waals surface area contributed by atoms with Crippen LogP contribution in [0.5, 0.6) is 0 Å². The molecule has 0 aromatic rings. The van der Waals surface area contributed by atoms with Gasteiger partial charge in [-0.2, -0.15) is 0 Å². The van der Waals surface area contributed by atoms with Crippen LogP contribution in [0.2, 0.25) is 0 Å². The average Bonchev–Trinajstić information content (AvgIpc) is 2.12. The zero-order valence-electron chi connectivity index (χ0n) is 11.8. The fourth-order valence-electron chi connectivity index (χ4n) is 2.59. The van der Waals surface area contributed by atoms with E-state index in [0.29, 0.717) is 6.61 Å². The molecule has 1 aliphatic rings. The maximum Gasteiger partial charge on any atom is 0.303 e. The van der Waals surface area contributed by atoms with Crippen molar-refractivity contribution in [1.82, 2.24) is 0 Å². The molecule has 0 unspecified atom stereocenters. The van der Waals surface area contributed by atoms with E-state index in [0.717, 1.165) is 12.0 Å². The molecule has 102 valence electrons. The van der Waals surface area contributed by atoms with Crippen molar-refractivity contribution < 1.29 is 19.1 Å². The van der Waals surface area contributed by atoms with Gasteiger partial charge in [-0.1, -0.05) is 19.4 Å². The smallest absolute Gasteiger partial charge is 0.303 e. The Kier molecular flexibility index (Phi) is 4.54. The lowest BCUT2D eigenvalue weighted by atomic mass is 9.68. The lowest BCUT2D eigenvalue weighted by molar-refractivity contribution is -0.146. The molecule has 2 atom stereocenters. The summed E-state index contributed by atoms with van der Waals surface area (Å²) in [6.45, 7) is 9.42. The summed E-state index contributed by atoms with van der Waals surface area (Å²) < 4.78 is 10.4. The van der Waals surface area contributed by atoms with Gasteiger partial charge in [0.2, 0.25) is 0 Å². The average molecular weight is 254 g/mol. The number of hydrogen-bond donors (Lipinski definition) is 0. The minimum absolute atomic E-state index is 0.0611. The second-order valence-electron chi connectivity index (χ2n) is 5.61. The third-order valence-corrected chi connectivity index (χ3v) is 3.44. The minimum Gasteiger partial charge on any atom is -0.465 e. The van der Waals surface area contributed by atoms with E-state index in [4.69, 9.17) is 9.47 Å². The maximum atomic E-state index is 11.0. The molecule has 1 rings (SSSR count). The standard InChI is InChI=1S/C14H22O4/c1-9-6-12(18-11(3)16)7-14(4,5)13(9)8-17-10(2)15/h6,12-13H,7-8H2,1-5H3/t12-,13+/m1/s1. The van der Waals surface area contributed by atoms with Crippen molar-refractivity contribution in [3.8, 4) is 0 Å². The monoisotopic (exact) mass is 254 g/mol. The molecule has 4 nitrogen and oxygen atoms in total. The van der Waals surface area contributed by atoms with Crippen molar-refractivity contribution >= 4 is 11.9 Å². The highest BCUT2D eigenvalue weighted by Crippen LogP contribution is 2.41. The Bertz CT molecular complexity index is 368. The van der Waals surface area contributed by atoms with E-state index in [1.807, 2.05) is 13.0 Å². The molecule has 0 spiro atoms. The fourth-order valence-corrected chi connectivity index (χ4v) is 2.59. The van der Waals surface area contributed by atoms with Gasteiger partial charge < -0.3 is 9.47 Å². The summed E-state index contributed by atoms with van der Waals surface area (Å²) in [5.74, 6) is -0.354. The Morgan fingerprint density at radius 1 is 1.33 bits per heavy atom. The fraction of sp³-hybridized carbons (Fsp3) is 0.714. The summed E-state index contributed by atoms with van der Waals surface area (Å²) in [5, 5.41) is 0. The Labute approximate surface area is 108 Å². The Morgan fingerprint density at radius 2 is 1.94 bits per heavy atom. The topological polar surface area (TPSA) is 52.6 Å². The molecule has 0 saturated heterocycles. The van der Waals surface area contributed by atoms with Gasteiger partial charge in [0, 0.05) is 19.8 Å². The first-order valence-electron chi connectivity index (χ1n) is 6.21. The molecular weight excluding hydrogens is 232 g/mol. The quantitative estimate of drug-likeness (QED) is 0.573. The van der Waals surface area contributed by atoms with Crippen LogP contribution in [0, 0.1) is 11.3 Å². The first-order chi connectivity index (χ1) is 8.22. The van der Waals surface area contributed by atoms with Gasteiger partial charge in [-0.15, -0.1) is 0 Å². The third kappa shape index (κ3) is 3.86. The SMILES string of the molecule is CC(=O)OC[C@H]1C(C)=C[C@@H](OC(C)=O)CC1(C)C. The first-order valence-corrected chi connectivity index (χ1v) is 6.21. The molecule has 1 aliphatic carbocycles. The van der Waals surface area contributed by atoms with Crippen LogP contribution in [0.25, 0.3) is 0 Å². The molecule has 0 fully saturated rings. The molecule has 0 amide bonds. The van der Waals surface area contributed by atoms with Gasteiger partial charge in [0.15, 0.2) is 0 Å². The summed E-state index contributed by atoms with van der Waals surface area (Å²) in [7, 11) is 0. The molecule has 0 radical (unpaired) electrons. The van der Waals surface area contributed by atoms with Gasteiger partial charge in [0.1, 0.15) is 6.10 Å². The van der Waals surface area contributed by atoms with Gasteiger partial charge in [0.25, 0.3) is 0 Å². The first kappa shape index (κ1) is 14.7. The van der Waals surface area contributed by atoms with Gasteiger partial charge >= 0.3 is 11.9 Å². The Hall–Kier alpha value is -1.32. The van der Waals surface area contributed by atoms with Crippen LogP contribution in [-0.2, 0) is 19.1 Å². The highest BCUT2D eigenvalue weighted by Gasteiger charge is 2.38. The van der Waals surface area contributed by atoms with Crippen molar-refractivity contribution in [2.45, 2.75) is 47.1 Å². The van der Waals surface area contributed by atoms with Crippen molar-refractivity contribution in [3.63, 3.8) is 0 Å². The summed E-state index contributed by atoms with van der Waals surface area (Å²) >= 11 is 0. The van der Waals surface area contributed by atoms with E-state index in [9.17, 15) is 9.59 Å². The molecule has 0 N–H and O–H groups in total. The van der Waals surface area contributed by atoms with Crippen molar-refractivity contribution in [2.75, 3.05) is 6.61 Å². The zero-order valence-corrected chi connectivity index (χ0v) is 11.8. The Morgan fingerprint density at radius 3 is 2.39 bits per heavy atom. The molecule has 0 aromatic carbocycles. The van der Waals surface area contributed by atoms with Crippen LogP contribution >= 0.6 is 0 Å². The number of rotatable bonds is 3. The molecule has 0 aromatic heterocycles. The van der Waals surface area contributed by atoms with Crippen molar-refractivity contribution in [1.29, 1.82) is 0 Å². The van der Waals surface area contributed by atoms with Crippen LogP contribution in [0.4, 0.5) is 0 Å². The highest BCUT2D eigenvalue weighted by molar-refractivity contribution is 5.66. The molecule has 18 heavy (non-hydrogen) atoms. The summed E-state index contributed by atoms with van der Waals surface area (Å²) in [5.41, 5.74) is 1.05. The third-order valence-electron chi connectivity index (χ3n) is 3.44. The normalized spacial score (nSPS) is 26.2. The second kappa shape index (κ2) is 5.55. The maximum absolute atomic E-state index is 11.0. The largest absolute Gasteiger partial charge is 0.465 e. The van der Waals surface area contributed by atoms with Gasteiger partial charge in [-0.3, -0.25) is 9.59 Å². The van der Waals surface area contributed by atoms with Crippen LogP contribution in [-0.4, -0.2) is 24.6 Å². The van der Waals surface area contributed by atoms with Crippen LogP contribution in [0.1, 0.15) is 41.0 Å². The van der Waals surface area contributed by atoms with E-state index in [2.05, 4.69) is 13.8 Å². The number of hydrogen-bond acceptors (Lipinski definition) is 4. The zero-order chi connectivity index (χ0) is 13.9. The molecule has 0 bridgehead atoms. The molecule has 4 heteroatoms. The van der Waals surface area contributed by atoms with Gasteiger partial charge in [-0.05, 0) is 24.8 Å². The lowest BCUT2D eigenvalue weighted by Crippen LogP contribution is -2.38. The highest BCUT2D eigenvalue weighted by atomic mass is 16.5. The van der Waals surface area contributed by atoms with Crippen LogP contribution < -0.4 is 0 Å². The predicted octanol–water partition coefficient (Wildman–Crippen LogP) is 2.47. The van der Waals surface area contributed by atoms with E-state index in [1.165, 1.54) is 13.8 Å². The Balaban J connectivity index is 2.80. The van der Waals surface area contributed by atoms with Crippen molar-refractivity contribution in [2.24, 2.45) is 11.3 Å². The molecular formula is C14H22O4. The van der Waals surface area contributed by atoms with Gasteiger partial charge in [-0.25, -0.2) is 0 Å². The van der Waals surface area contributed by atoms with Crippen LogP contribution in [0.15, 0.2) is 11.6 Å². The van der Waals surface area contributed by atoms with E-state index < -0.39 is 0 Å². The summed E-state index contributed by atoms with van der Waals surface area (Å²) in [4.78, 5) is 21.9. The molecule has 0 saturated carbocycles. The van der Waals surface area contributed by atoms with E-state index in [1.54, 1.807) is 0 Å². The number of carbonyl (C=O) groups excluding carboxylic acids is 2. The second-order valence-corrected chi connectivity index (χ2v) is 5.61. The summed E-state index contributed by atoms with van der Waals surface area (Å²) in [6, 6.07) is 0. The minimum atomic E-state index is -0.265. The van der Waals surface area contributed by atoms with Crippen molar-refractivity contribution in [3.05, 3.63) is 11.6 Å². The lowest BCUT2D eigenvalue weighted by Gasteiger charge is -2.40. The summed E-state index contributed by atoms with van der Waals surface area (Å²) in [6.07, 6.45) is 2.53. The predicted molar refractivity (Wildman–Crippen MR) is 67.8 cm³/mol. The van der Waals surface area contributed by atoms with E-state index in [-0.39, 0.29) is 29.4 Å². The number of esters is 2. The molecule has 0 aliphatic heterocycles. The van der Waals surface area contributed by atoms with Crippen LogP contribution in [0.3, 0.4) is 0 Å². The number of carbonyl (C=O) groups is 2. The van der Waals surface area contributed by atoms with E-state index >= 15 is 0 Å². The van der Waals surface area contributed by atoms with Gasteiger partial charge in [0.05, 0.1) is 6.61 Å².